The lowest BCUT2D eigenvalue weighted by Gasteiger charge is -2.16. The molecule has 4 nitrogen and oxygen atoms in total. The summed E-state index contributed by atoms with van der Waals surface area (Å²) in [6, 6.07) is 11.8. The number of benzene rings is 1. The zero-order valence-corrected chi connectivity index (χ0v) is 13.2. The Labute approximate surface area is 130 Å². The first-order valence-corrected chi connectivity index (χ1v) is 7.84. The molecular weight excluding hydrogens is 338 g/mol. The van der Waals surface area contributed by atoms with Crippen LogP contribution in [-0.2, 0) is 6.54 Å². The first-order chi connectivity index (χ1) is 9.72. The smallest absolute Gasteiger partial charge is 0.147 e. The van der Waals surface area contributed by atoms with E-state index in [0.717, 1.165) is 16.6 Å². The summed E-state index contributed by atoms with van der Waals surface area (Å²) in [6.07, 6.45) is 0. The molecule has 0 saturated carbocycles. The minimum absolute atomic E-state index is 0.139. The number of nitrogens with zero attached hydrogens (tertiary/aromatic N) is 1. The highest BCUT2D eigenvalue weighted by atomic mass is 79.9. The number of hydrogen-bond acceptors (Lipinski definition) is 4. The van der Waals surface area contributed by atoms with Crippen LogP contribution in [0, 0.1) is 0 Å². The second kappa shape index (κ2) is 7.42. The maximum absolute atomic E-state index is 8.92. The zero-order chi connectivity index (χ0) is 14.4. The highest BCUT2D eigenvalue weighted by Gasteiger charge is 2.16. The third kappa shape index (κ3) is 3.82. The van der Waals surface area contributed by atoms with Crippen LogP contribution in [0.2, 0.25) is 0 Å². The van der Waals surface area contributed by atoms with Crippen LogP contribution >= 0.6 is 27.3 Å². The Morgan fingerprint density at radius 1 is 1.35 bits per heavy atom. The van der Waals surface area contributed by atoms with E-state index in [-0.39, 0.29) is 11.8 Å². The maximum atomic E-state index is 8.92. The molecule has 1 aromatic carbocycles. The van der Waals surface area contributed by atoms with Crippen LogP contribution < -0.4 is 11.1 Å². The lowest BCUT2D eigenvalue weighted by atomic mass is 9.98. The van der Waals surface area contributed by atoms with Gasteiger partial charge < -0.3 is 16.3 Å². The van der Waals surface area contributed by atoms with Gasteiger partial charge in [-0.15, -0.1) is 11.3 Å². The van der Waals surface area contributed by atoms with Gasteiger partial charge in [-0.05, 0) is 32.9 Å². The van der Waals surface area contributed by atoms with Crippen molar-refractivity contribution in [2.45, 2.75) is 12.5 Å². The number of hydrogen-bond donors (Lipinski definition) is 3. The Hall–Kier alpha value is -1.37. The minimum Gasteiger partial charge on any atom is -0.409 e. The number of amidine groups is 1. The number of thiophene rings is 1. The van der Waals surface area contributed by atoms with E-state index in [1.165, 1.54) is 4.88 Å². The Bertz CT molecular complexity index is 571. The number of rotatable bonds is 6. The molecule has 2 aromatic rings. The van der Waals surface area contributed by atoms with Crippen LogP contribution in [-0.4, -0.2) is 17.6 Å². The zero-order valence-electron chi connectivity index (χ0n) is 10.8. The average Bonchev–Trinajstić information content (AvgIpc) is 2.89. The molecule has 2 rings (SSSR count). The highest BCUT2D eigenvalue weighted by molar-refractivity contribution is 9.10. The molecule has 1 atom stereocenters. The number of oxime groups is 1. The molecular formula is C14H16BrN3OS. The molecule has 0 aliphatic carbocycles. The second-order valence-corrected chi connectivity index (χ2v) is 6.17. The van der Waals surface area contributed by atoms with Crippen LogP contribution in [0.5, 0.6) is 0 Å². The monoisotopic (exact) mass is 353 g/mol. The van der Waals surface area contributed by atoms with Gasteiger partial charge in [-0.1, -0.05) is 35.5 Å². The molecule has 0 saturated heterocycles. The molecule has 0 aliphatic rings. The van der Waals surface area contributed by atoms with Gasteiger partial charge in [0.25, 0.3) is 0 Å². The average molecular weight is 354 g/mol. The fourth-order valence-corrected chi connectivity index (χ4v) is 3.39. The SMILES string of the molecule is N/C(=N/O)C(CNCc1sccc1Br)c1ccccc1. The molecule has 1 unspecified atom stereocenters. The van der Waals surface area contributed by atoms with E-state index >= 15 is 0 Å². The van der Waals surface area contributed by atoms with E-state index in [4.69, 9.17) is 10.9 Å². The number of nitrogens with two attached hydrogens (primary N) is 1. The third-order valence-electron chi connectivity index (χ3n) is 3.00. The summed E-state index contributed by atoms with van der Waals surface area (Å²) in [6.45, 7) is 1.37. The van der Waals surface area contributed by atoms with Crippen LogP contribution in [0.1, 0.15) is 16.4 Å². The van der Waals surface area contributed by atoms with Gasteiger partial charge in [-0.25, -0.2) is 0 Å². The van der Waals surface area contributed by atoms with Crippen molar-refractivity contribution in [3.63, 3.8) is 0 Å². The normalized spacial score (nSPS) is 13.3. The molecule has 0 radical (unpaired) electrons. The van der Waals surface area contributed by atoms with Crippen LogP contribution in [0.4, 0.5) is 0 Å². The van der Waals surface area contributed by atoms with E-state index in [0.29, 0.717) is 6.54 Å². The second-order valence-electron chi connectivity index (χ2n) is 4.31. The van der Waals surface area contributed by atoms with E-state index in [9.17, 15) is 0 Å². The van der Waals surface area contributed by atoms with Gasteiger partial charge in [0, 0.05) is 22.4 Å². The van der Waals surface area contributed by atoms with Crippen molar-refractivity contribution in [1.82, 2.24) is 5.32 Å². The van der Waals surface area contributed by atoms with Crippen LogP contribution in [0.15, 0.2) is 51.4 Å². The van der Waals surface area contributed by atoms with Crippen molar-refractivity contribution in [2.24, 2.45) is 10.9 Å². The van der Waals surface area contributed by atoms with E-state index < -0.39 is 0 Å². The molecule has 106 valence electrons. The van der Waals surface area contributed by atoms with E-state index in [1.54, 1.807) is 11.3 Å². The largest absolute Gasteiger partial charge is 0.409 e. The molecule has 0 aliphatic heterocycles. The number of halogens is 1. The van der Waals surface area contributed by atoms with Crippen LogP contribution in [0.25, 0.3) is 0 Å². The maximum Gasteiger partial charge on any atom is 0.147 e. The number of nitrogens with one attached hydrogen (secondary N) is 1. The molecule has 1 aromatic heterocycles. The summed E-state index contributed by atoms with van der Waals surface area (Å²) in [5.74, 6) is 0.0777. The lowest BCUT2D eigenvalue weighted by molar-refractivity contribution is 0.315. The van der Waals surface area contributed by atoms with Gasteiger partial charge in [-0.2, -0.15) is 0 Å². The van der Waals surface area contributed by atoms with Gasteiger partial charge in [-0.3, -0.25) is 0 Å². The summed E-state index contributed by atoms with van der Waals surface area (Å²) < 4.78 is 1.11. The summed E-state index contributed by atoms with van der Waals surface area (Å²) in [7, 11) is 0. The summed E-state index contributed by atoms with van der Waals surface area (Å²) in [5.41, 5.74) is 6.82. The van der Waals surface area contributed by atoms with Crippen molar-refractivity contribution < 1.29 is 5.21 Å². The Balaban J connectivity index is 2.01. The third-order valence-corrected chi connectivity index (χ3v) is 4.93. The van der Waals surface area contributed by atoms with Gasteiger partial charge in [0.15, 0.2) is 0 Å². The van der Waals surface area contributed by atoms with Crippen molar-refractivity contribution in [2.75, 3.05) is 6.54 Å². The predicted octanol–water partition coefficient (Wildman–Crippen LogP) is 3.13. The first-order valence-electron chi connectivity index (χ1n) is 6.17. The van der Waals surface area contributed by atoms with Gasteiger partial charge in [0.2, 0.25) is 0 Å². The van der Waals surface area contributed by atoms with Crippen molar-refractivity contribution in [3.05, 3.63) is 56.7 Å². The van der Waals surface area contributed by atoms with Gasteiger partial charge in [0.1, 0.15) is 5.84 Å². The summed E-state index contributed by atoms with van der Waals surface area (Å²) in [4.78, 5) is 1.23. The molecule has 6 heteroatoms. The molecule has 4 N–H and O–H groups in total. The first kappa shape index (κ1) is 15.0. The van der Waals surface area contributed by atoms with E-state index in [1.807, 2.05) is 41.8 Å². The lowest BCUT2D eigenvalue weighted by Crippen LogP contribution is -2.31. The Kier molecular flexibility index (Phi) is 5.58. The molecule has 0 amide bonds. The molecule has 0 spiro atoms. The van der Waals surface area contributed by atoms with Crippen molar-refractivity contribution in [1.29, 1.82) is 0 Å². The van der Waals surface area contributed by atoms with Crippen LogP contribution in [0.3, 0.4) is 0 Å². The summed E-state index contributed by atoms with van der Waals surface area (Å²) >= 11 is 5.19. The standard InChI is InChI=1S/C14H16BrN3OS/c15-12-6-7-20-13(12)9-17-8-11(14(16)18-19)10-4-2-1-3-5-10/h1-7,11,17,19H,8-9H2,(H2,16,18). The summed E-state index contributed by atoms with van der Waals surface area (Å²) in [5, 5.41) is 17.5. The van der Waals surface area contributed by atoms with Crippen molar-refractivity contribution in [3.8, 4) is 0 Å². The topological polar surface area (TPSA) is 70.6 Å². The fraction of sp³-hybridized carbons (Fsp3) is 0.214. The van der Waals surface area contributed by atoms with Gasteiger partial charge in [0.05, 0.1) is 5.92 Å². The quantitative estimate of drug-likeness (QED) is 0.323. The Morgan fingerprint density at radius 2 is 2.10 bits per heavy atom. The predicted molar refractivity (Wildman–Crippen MR) is 86.3 cm³/mol. The van der Waals surface area contributed by atoms with E-state index in [2.05, 4.69) is 26.4 Å². The molecule has 20 heavy (non-hydrogen) atoms. The molecule has 0 fully saturated rings. The Morgan fingerprint density at radius 3 is 2.70 bits per heavy atom. The van der Waals surface area contributed by atoms with Crippen molar-refractivity contribution >= 4 is 33.1 Å². The molecule has 0 bridgehead atoms. The molecule has 1 heterocycles. The van der Waals surface area contributed by atoms with Gasteiger partial charge >= 0.3 is 0 Å². The fourth-order valence-electron chi connectivity index (χ4n) is 1.93. The minimum atomic E-state index is -0.139. The highest BCUT2D eigenvalue weighted by Crippen LogP contribution is 2.22.